The number of benzene rings is 2. The van der Waals surface area contributed by atoms with Gasteiger partial charge in [0.2, 0.25) is 0 Å². The van der Waals surface area contributed by atoms with Crippen molar-refractivity contribution in [2.24, 2.45) is 0 Å². The molecule has 0 unspecified atom stereocenters. The fraction of sp³-hybridized carbons (Fsp3) is 0.125. The Bertz CT molecular complexity index is 914. The Balaban J connectivity index is 0.000000159. The predicted molar refractivity (Wildman–Crippen MR) is 108 cm³/mol. The van der Waals surface area contributed by atoms with Crippen molar-refractivity contribution in [1.29, 1.82) is 0 Å². The summed E-state index contributed by atoms with van der Waals surface area (Å²) in [6.45, 7) is 0.941. The molecule has 2 heterocycles. The van der Waals surface area contributed by atoms with Crippen molar-refractivity contribution in [3.8, 4) is 11.3 Å². The molecule has 0 amide bonds. The number of hydrogen-bond donors (Lipinski definition) is 0. The molecule has 1 aromatic heterocycles. The Morgan fingerprint density at radius 1 is 0.929 bits per heavy atom. The van der Waals surface area contributed by atoms with Gasteiger partial charge < -0.3 is 14.8 Å². The zero-order valence-corrected chi connectivity index (χ0v) is 18.1. The average Bonchev–Trinajstić information content (AvgIpc) is 3.36. The first-order valence-electron chi connectivity index (χ1n) is 9.04. The van der Waals surface area contributed by atoms with E-state index in [4.69, 9.17) is 0 Å². The summed E-state index contributed by atoms with van der Waals surface area (Å²) in [5, 5.41) is 0. The minimum Gasteiger partial charge on any atom is -0.361 e. The van der Waals surface area contributed by atoms with Gasteiger partial charge in [-0.3, -0.25) is 0 Å². The van der Waals surface area contributed by atoms with Crippen LogP contribution in [0.4, 0.5) is 0 Å². The van der Waals surface area contributed by atoms with Gasteiger partial charge in [0.05, 0.1) is 6.67 Å². The second kappa shape index (κ2) is 9.50. The summed E-state index contributed by atoms with van der Waals surface area (Å²) >= 11 is 0. The van der Waals surface area contributed by atoms with Crippen LogP contribution in [0.3, 0.4) is 0 Å². The van der Waals surface area contributed by atoms with Crippen LogP contribution in [0, 0.1) is 12.1 Å². The molecule has 0 bridgehead atoms. The number of allylic oxidation sites excluding steroid dienone is 1. The normalized spacial score (nSPS) is 14.0. The Labute approximate surface area is 180 Å². The zero-order valence-electron chi connectivity index (χ0n) is 15.7. The fourth-order valence-corrected chi connectivity index (χ4v) is 3.13. The molecule has 143 valence electrons. The molecule has 1 aliphatic carbocycles. The fourth-order valence-electron chi connectivity index (χ4n) is 3.13. The topological polar surface area (TPSA) is 19.4 Å². The van der Waals surface area contributed by atoms with Gasteiger partial charge >= 0.3 is 0 Å². The Morgan fingerprint density at radius 3 is 2.43 bits per heavy atom. The number of rotatable bonds is 2. The maximum atomic E-state index is 4.22. The average molecular weight is 544 g/mol. The molecule has 3 aromatic rings. The van der Waals surface area contributed by atoms with Gasteiger partial charge in [0, 0.05) is 45.7 Å². The summed E-state index contributed by atoms with van der Waals surface area (Å²) in [5.74, 6) is 0. The van der Waals surface area contributed by atoms with Crippen molar-refractivity contribution in [1.82, 2.24) is 14.8 Å². The van der Waals surface area contributed by atoms with Crippen LogP contribution >= 0.6 is 0 Å². The number of fused-ring (bicyclic) bond motifs is 1. The number of aromatic nitrogens is 1. The molecule has 3 nitrogen and oxygen atoms in total. The van der Waals surface area contributed by atoms with Crippen molar-refractivity contribution >= 4 is 0 Å². The molecule has 1 radical (unpaired) electrons. The largest absolute Gasteiger partial charge is 0.361 e. The molecule has 0 fully saturated rings. The second-order valence-corrected chi connectivity index (χ2v) is 6.56. The molecule has 4 heteroatoms. The molecule has 2 aromatic carbocycles. The van der Waals surface area contributed by atoms with Crippen molar-refractivity contribution in [3.05, 3.63) is 114 Å². The van der Waals surface area contributed by atoms with Crippen LogP contribution in [0.5, 0.6) is 0 Å². The van der Waals surface area contributed by atoms with E-state index in [2.05, 4.69) is 70.6 Å². The molecule has 2 aliphatic rings. The van der Waals surface area contributed by atoms with Gasteiger partial charge in [0.25, 0.3) is 0 Å². The van der Waals surface area contributed by atoms with Crippen LogP contribution in [-0.2, 0) is 26.5 Å². The summed E-state index contributed by atoms with van der Waals surface area (Å²) in [6, 6.07) is 25.3. The Morgan fingerprint density at radius 2 is 1.75 bits per heavy atom. The van der Waals surface area contributed by atoms with Crippen molar-refractivity contribution in [2.45, 2.75) is 6.42 Å². The van der Waals surface area contributed by atoms with Gasteiger partial charge in [-0.15, -0.1) is 53.6 Å². The molecule has 0 atom stereocenters. The Kier molecular flexibility index (Phi) is 6.80. The third-order valence-electron chi connectivity index (χ3n) is 4.53. The maximum absolute atomic E-state index is 4.22. The molecule has 5 rings (SSSR count). The molecule has 0 N–H and O–H groups in total. The third kappa shape index (κ3) is 4.78. The van der Waals surface area contributed by atoms with Crippen LogP contribution in [-0.4, -0.2) is 28.5 Å². The van der Waals surface area contributed by atoms with Gasteiger partial charge in [0.1, 0.15) is 0 Å². The van der Waals surface area contributed by atoms with E-state index >= 15 is 0 Å². The van der Waals surface area contributed by atoms with E-state index in [0.29, 0.717) is 0 Å². The quantitative estimate of drug-likeness (QED) is 0.444. The van der Waals surface area contributed by atoms with Crippen molar-refractivity contribution in [3.63, 3.8) is 0 Å². The first-order chi connectivity index (χ1) is 13.3. The predicted octanol–water partition coefficient (Wildman–Crippen LogP) is 4.50. The van der Waals surface area contributed by atoms with Gasteiger partial charge in [-0.05, 0) is 23.9 Å². The smallest absolute Gasteiger partial charge is 0.0924 e. The summed E-state index contributed by atoms with van der Waals surface area (Å²) in [4.78, 5) is 8.63. The molecular formula is C24H21IrN3-2. The number of nitrogens with zero attached hydrogens (tertiary/aromatic N) is 3. The SMILES string of the molecule is CN1C=CN(C2=[C-]c3ccccc3C2)C1.[Ir].[c-]1ccccc1-c1ccccn1. The molecule has 0 spiro atoms. The van der Waals surface area contributed by atoms with E-state index in [-0.39, 0.29) is 20.1 Å². The van der Waals surface area contributed by atoms with E-state index in [9.17, 15) is 0 Å². The van der Waals surface area contributed by atoms with Crippen LogP contribution in [0.25, 0.3) is 11.3 Å². The van der Waals surface area contributed by atoms with E-state index < -0.39 is 0 Å². The number of hydrogen-bond acceptors (Lipinski definition) is 3. The summed E-state index contributed by atoms with van der Waals surface area (Å²) in [7, 11) is 2.08. The van der Waals surface area contributed by atoms with Crippen LogP contribution in [0.2, 0.25) is 0 Å². The van der Waals surface area contributed by atoms with Crippen LogP contribution in [0.15, 0.2) is 91.0 Å². The van der Waals surface area contributed by atoms with Gasteiger partial charge in [-0.25, -0.2) is 0 Å². The van der Waals surface area contributed by atoms with Crippen LogP contribution in [0.1, 0.15) is 11.1 Å². The van der Waals surface area contributed by atoms with Crippen molar-refractivity contribution in [2.75, 3.05) is 13.7 Å². The summed E-state index contributed by atoms with van der Waals surface area (Å²) in [6.07, 6.45) is 10.5. The van der Waals surface area contributed by atoms with E-state index in [0.717, 1.165) is 24.3 Å². The summed E-state index contributed by atoms with van der Waals surface area (Å²) < 4.78 is 0. The van der Waals surface area contributed by atoms with Crippen molar-refractivity contribution < 1.29 is 20.1 Å². The Hall–Kier alpha value is -2.68. The second-order valence-electron chi connectivity index (χ2n) is 6.56. The van der Waals surface area contributed by atoms with E-state index in [1.54, 1.807) is 6.20 Å². The van der Waals surface area contributed by atoms with Gasteiger partial charge in [0.15, 0.2) is 0 Å². The first kappa shape index (κ1) is 20.1. The van der Waals surface area contributed by atoms with E-state index in [1.165, 1.54) is 16.8 Å². The standard InChI is InChI=1S/C13H13N2.C11H8N.Ir/c1-14-6-7-15(10-14)13-8-11-4-2-3-5-12(11)9-13;1-2-6-10(7-3-1)11-8-4-5-9-12-11;/h2-7H,8,10H2,1H3;1-6,8-9H;/q2*-1;. The zero-order chi connectivity index (χ0) is 18.5. The monoisotopic (exact) mass is 544 g/mol. The third-order valence-corrected chi connectivity index (χ3v) is 4.53. The first-order valence-corrected chi connectivity index (χ1v) is 9.04. The van der Waals surface area contributed by atoms with Gasteiger partial charge in [-0.2, -0.15) is 17.7 Å². The van der Waals surface area contributed by atoms with E-state index in [1.807, 2.05) is 42.5 Å². The molecule has 28 heavy (non-hydrogen) atoms. The molecular weight excluding hydrogens is 523 g/mol. The minimum absolute atomic E-state index is 0. The molecule has 1 aliphatic heterocycles. The molecule has 0 saturated carbocycles. The minimum atomic E-state index is 0. The van der Waals surface area contributed by atoms with Gasteiger partial charge in [-0.1, -0.05) is 18.2 Å². The van der Waals surface area contributed by atoms with Crippen LogP contribution < -0.4 is 0 Å². The molecule has 0 saturated heterocycles. The summed E-state index contributed by atoms with van der Waals surface area (Å²) in [5.41, 5.74) is 5.92. The maximum Gasteiger partial charge on any atom is 0.0924 e. The number of pyridine rings is 1.